The minimum atomic E-state index is 0.626. The zero-order valence-electron chi connectivity index (χ0n) is 15.3. The lowest BCUT2D eigenvalue weighted by atomic mass is 10.2. The van der Waals surface area contributed by atoms with Crippen molar-refractivity contribution >= 4 is 17.3 Å². The molecule has 4 rings (SSSR count). The Morgan fingerprint density at radius 1 is 1.08 bits per heavy atom. The van der Waals surface area contributed by atoms with Crippen molar-refractivity contribution in [2.24, 2.45) is 0 Å². The molecule has 0 aliphatic carbocycles. The topological polar surface area (TPSA) is 73.3 Å². The summed E-state index contributed by atoms with van der Waals surface area (Å²) in [6, 6.07) is 7.95. The van der Waals surface area contributed by atoms with Gasteiger partial charge in [-0.1, -0.05) is 0 Å². The molecule has 1 aliphatic rings. The summed E-state index contributed by atoms with van der Waals surface area (Å²) in [6.07, 6.45) is 1.74. The molecule has 0 saturated carbocycles. The molecule has 0 aromatic carbocycles. The molecule has 0 N–H and O–H groups in total. The van der Waals surface area contributed by atoms with E-state index >= 15 is 0 Å². The van der Waals surface area contributed by atoms with E-state index in [2.05, 4.69) is 43.9 Å². The molecule has 7 nitrogen and oxygen atoms in total. The van der Waals surface area contributed by atoms with E-state index in [9.17, 15) is 5.26 Å². The van der Waals surface area contributed by atoms with Crippen molar-refractivity contribution in [2.75, 3.05) is 36.0 Å². The van der Waals surface area contributed by atoms with Crippen LogP contribution < -0.4 is 9.80 Å². The molecule has 26 heavy (non-hydrogen) atoms. The molecule has 3 aromatic heterocycles. The predicted octanol–water partition coefficient (Wildman–Crippen LogP) is 2.25. The smallest absolute Gasteiger partial charge is 0.160 e. The highest BCUT2D eigenvalue weighted by atomic mass is 15.4. The Balaban J connectivity index is 1.62. The standard InChI is InChI=1S/C19H21N7/c1-13-11-17(26-18(22-13)14(2)15(3)23-26)24-7-9-25(10-8-24)19-16(12-20)5-4-6-21-19/h4-6,11H,7-10H2,1-3H3. The second kappa shape index (κ2) is 6.30. The molecular formula is C19H21N7. The average molecular weight is 347 g/mol. The maximum atomic E-state index is 9.31. The minimum absolute atomic E-state index is 0.626. The molecule has 1 aliphatic heterocycles. The Morgan fingerprint density at radius 3 is 2.54 bits per heavy atom. The molecule has 1 saturated heterocycles. The number of nitriles is 1. The van der Waals surface area contributed by atoms with Crippen molar-refractivity contribution < 1.29 is 0 Å². The number of aromatic nitrogens is 4. The van der Waals surface area contributed by atoms with Crippen LogP contribution in [-0.4, -0.2) is 45.8 Å². The van der Waals surface area contributed by atoms with Gasteiger partial charge in [0.2, 0.25) is 0 Å². The fourth-order valence-corrected chi connectivity index (χ4v) is 3.44. The predicted molar refractivity (Wildman–Crippen MR) is 101 cm³/mol. The molecule has 7 heteroatoms. The van der Waals surface area contributed by atoms with Crippen molar-refractivity contribution in [3.8, 4) is 6.07 Å². The summed E-state index contributed by atoms with van der Waals surface area (Å²) in [5, 5.41) is 14.0. The van der Waals surface area contributed by atoms with Gasteiger partial charge in [-0.05, 0) is 32.9 Å². The van der Waals surface area contributed by atoms with Crippen LogP contribution in [0.4, 0.5) is 11.6 Å². The van der Waals surface area contributed by atoms with Crippen LogP contribution in [-0.2, 0) is 0 Å². The number of hydrogen-bond donors (Lipinski definition) is 0. The monoisotopic (exact) mass is 347 g/mol. The van der Waals surface area contributed by atoms with E-state index < -0.39 is 0 Å². The first-order valence-corrected chi connectivity index (χ1v) is 8.77. The fourth-order valence-electron chi connectivity index (χ4n) is 3.44. The number of nitrogens with zero attached hydrogens (tertiary/aromatic N) is 7. The normalized spacial score (nSPS) is 14.7. The summed E-state index contributed by atoms with van der Waals surface area (Å²) in [5.74, 6) is 1.85. The van der Waals surface area contributed by atoms with Crippen LogP contribution in [0.15, 0.2) is 24.4 Å². The fraction of sp³-hybridized carbons (Fsp3) is 0.368. The van der Waals surface area contributed by atoms with Gasteiger partial charge in [0.25, 0.3) is 0 Å². The summed E-state index contributed by atoms with van der Waals surface area (Å²) in [4.78, 5) is 13.6. The van der Waals surface area contributed by atoms with E-state index in [4.69, 9.17) is 0 Å². The number of rotatable bonds is 2. The lowest BCUT2D eigenvalue weighted by Gasteiger charge is -2.36. The van der Waals surface area contributed by atoms with Crippen molar-refractivity contribution in [2.45, 2.75) is 20.8 Å². The van der Waals surface area contributed by atoms with E-state index in [-0.39, 0.29) is 0 Å². The van der Waals surface area contributed by atoms with Gasteiger partial charge < -0.3 is 9.80 Å². The Kier molecular flexibility index (Phi) is 3.96. The molecule has 0 radical (unpaired) electrons. The first-order chi connectivity index (χ1) is 12.6. The van der Waals surface area contributed by atoms with Crippen molar-refractivity contribution in [3.63, 3.8) is 0 Å². The highest BCUT2D eigenvalue weighted by molar-refractivity contribution is 5.58. The van der Waals surface area contributed by atoms with Crippen LogP contribution >= 0.6 is 0 Å². The van der Waals surface area contributed by atoms with Crippen molar-refractivity contribution in [3.05, 3.63) is 46.9 Å². The third kappa shape index (κ3) is 2.64. The van der Waals surface area contributed by atoms with Crippen LogP contribution in [0.2, 0.25) is 0 Å². The molecule has 0 amide bonds. The lowest BCUT2D eigenvalue weighted by Crippen LogP contribution is -2.47. The number of aryl methyl sites for hydroxylation is 3. The second-order valence-corrected chi connectivity index (χ2v) is 6.66. The molecule has 0 atom stereocenters. The highest BCUT2D eigenvalue weighted by Crippen LogP contribution is 2.24. The van der Waals surface area contributed by atoms with Crippen LogP contribution in [0, 0.1) is 32.1 Å². The van der Waals surface area contributed by atoms with E-state index in [1.807, 2.05) is 24.4 Å². The summed E-state index contributed by atoms with van der Waals surface area (Å²) in [7, 11) is 0. The van der Waals surface area contributed by atoms with Gasteiger partial charge in [-0.3, -0.25) is 0 Å². The second-order valence-electron chi connectivity index (χ2n) is 6.66. The number of piperazine rings is 1. The number of fused-ring (bicyclic) bond motifs is 1. The van der Waals surface area contributed by atoms with Gasteiger partial charge in [-0.25, -0.2) is 9.97 Å². The van der Waals surface area contributed by atoms with Crippen LogP contribution in [0.1, 0.15) is 22.5 Å². The van der Waals surface area contributed by atoms with Crippen LogP contribution in [0.3, 0.4) is 0 Å². The summed E-state index contributed by atoms with van der Waals surface area (Å²) in [5.41, 5.74) is 4.68. The van der Waals surface area contributed by atoms with E-state index in [0.717, 1.165) is 60.4 Å². The molecule has 0 bridgehead atoms. The molecule has 1 fully saturated rings. The number of hydrogen-bond acceptors (Lipinski definition) is 6. The molecular weight excluding hydrogens is 326 g/mol. The number of pyridine rings is 1. The summed E-state index contributed by atoms with van der Waals surface area (Å²) < 4.78 is 1.95. The quantitative estimate of drug-likeness (QED) is 0.708. The molecule has 0 spiro atoms. The maximum Gasteiger partial charge on any atom is 0.160 e. The van der Waals surface area contributed by atoms with Crippen LogP contribution in [0.5, 0.6) is 0 Å². The third-order valence-electron chi connectivity index (χ3n) is 4.98. The summed E-state index contributed by atoms with van der Waals surface area (Å²) >= 11 is 0. The Hall–Kier alpha value is -3.14. The zero-order chi connectivity index (χ0) is 18.3. The van der Waals surface area contributed by atoms with E-state index in [1.54, 1.807) is 12.3 Å². The maximum absolute atomic E-state index is 9.31. The zero-order valence-corrected chi connectivity index (χ0v) is 15.3. The Labute approximate surface area is 152 Å². The Bertz CT molecular complexity index is 1010. The molecule has 3 aromatic rings. The molecule has 4 heterocycles. The highest BCUT2D eigenvalue weighted by Gasteiger charge is 2.23. The first kappa shape index (κ1) is 16.3. The van der Waals surface area contributed by atoms with Gasteiger partial charge in [0.05, 0.1) is 11.3 Å². The van der Waals surface area contributed by atoms with Crippen molar-refractivity contribution in [1.82, 2.24) is 19.6 Å². The van der Waals surface area contributed by atoms with Gasteiger partial charge in [-0.2, -0.15) is 14.9 Å². The third-order valence-corrected chi connectivity index (χ3v) is 4.98. The van der Waals surface area contributed by atoms with Gasteiger partial charge in [0.1, 0.15) is 17.7 Å². The lowest BCUT2D eigenvalue weighted by molar-refractivity contribution is 0.632. The van der Waals surface area contributed by atoms with Crippen molar-refractivity contribution in [1.29, 1.82) is 5.26 Å². The molecule has 132 valence electrons. The van der Waals surface area contributed by atoms with Gasteiger partial charge in [-0.15, -0.1) is 0 Å². The minimum Gasteiger partial charge on any atom is -0.353 e. The van der Waals surface area contributed by atoms with E-state index in [1.165, 1.54) is 0 Å². The number of anilines is 2. The van der Waals surface area contributed by atoms with Crippen LogP contribution in [0.25, 0.3) is 5.65 Å². The summed E-state index contributed by atoms with van der Waals surface area (Å²) in [6.45, 7) is 9.42. The molecule has 0 unspecified atom stereocenters. The van der Waals surface area contributed by atoms with Gasteiger partial charge in [0.15, 0.2) is 5.65 Å². The first-order valence-electron chi connectivity index (χ1n) is 8.77. The SMILES string of the molecule is Cc1cc(N2CCN(c3ncccc3C#N)CC2)n2nc(C)c(C)c2n1. The Morgan fingerprint density at radius 2 is 1.81 bits per heavy atom. The van der Waals surface area contributed by atoms with Gasteiger partial charge >= 0.3 is 0 Å². The van der Waals surface area contributed by atoms with E-state index in [0.29, 0.717) is 5.56 Å². The van der Waals surface area contributed by atoms with Gasteiger partial charge in [0, 0.05) is 49.7 Å². The average Bonchev–Trinajstić information content (AvgIpc) is 2.96. The largest absolute Gasteiger partial charge is 0.353 e.